The van der Waals surface area contributed by atoms with Crippen molar-refractivity contribution in [3.05, 3.63) is 296 Å². The van der Waals surface area contributed by atoms with Crippen LogP contribution in [0.2, 0.25) is 0 Å². The second-order valence-electron chi connectivity index (χ2n) is 25.8. The lowest BCUT2D eigenvalue weighted by Gasteiger charge is -2.21. The number of ether oxygens (including phenoxy) is 2. The topological polar surface area (TPSA) is 437 Å². The Labute approximate surface area is 699 Å². The van der Waals surface area contributed by atoms with Crippen LogP contribution in [0.3, 0.4) is 0 Å². The van der Waals surface area contributed by atoms with Crippen molar-refractivity contribution in [2.24, 2.45) is 0 Å². The Morgan fingerprint density at radius 3 is 1.07 bits per heavy atom. The number of benzene rings is 7. The molecule has 0 fully saturated rings. The monoisotopic (exact) mass is 1660 g/mol. The summed E-state index contributed by atoms with van der Waals surface area (Å²) in [5, 5.41) is 98.2. The summed E-state index contributed by atoms with van der Waals surface area (Å²) in [4.78, 5) is 84.7. The number of unbranched alkanes of at least 4 members (excludes halogenated alkanes) is 2. The van der Waals surface area contributed by atoms with Gasteiger partial charge < -0.3 is 44.6 Å². The number of aliphatic hydroxyl groups excluding tert-OH is 2. The minimum absolute atomic E-state index is 0.0538. The Hall–Kier alpha value is -14.4. The van der Waals surface area contributed by atoms with Crippen molar-refractivity contribution < 1.29 is 58.7 Å². The minimum Gasteiger partial charge on any atom is -0.478 e. The summed E-state index contributed by atoms with van der Waals surface area (Å²) in [5.74, 6) is -2.41. The fraction of sp³-hybridized carbons (Fsp3) is 0.262. The molecule has 37 heteroatoms. The van der Waals surface area contributed by atoms with Gasteiger partial charge in [0.05, 0.1) is 141 Å². The highest BCUT2D eigenvalue weighted by Crippen LogP contribution is 2.32. The summed E-state index contributed by atoms with van der Waals surface area (Å²) in [6.07, 6.45) is 19.9. The molecule has 14 rings (SSSR count). The first-order chi connectivity index (χ1) is 58.8. The summed E-state index contributed by atoms with van der Waals surface area (Å²) in [7, 11) is 2.13. The molecule has 0 saturated carbocycles. The van der Waals surface area contributed by atoms with Gasteiger partial charge in [0.15, 0.2) is 11.4 Å². The maximum Gasteiger partial charge on any atom is 0.360 e. The number of amides is 3. The van der Waals surface area contributed by atoms with Gasteiger partial charge in [0.25, 0.3) is 17.7 Å². The molecule has 0 saturated heterocycles. The van der Waals surface area contributed by atoms with E-state index in [1.54, 1.807) is 126 Å². The molecule has 3 amide bonds. The molecule has 14 aromatic rings. The van der Waals surface area contributed by atoms with Gasteiger partial charge >= 0.3 is 17.9 Å². The number of H-pyrrole nitrogens is 1. The lowest BCUT2D eigenvalue weighted by Crippen LogP contribution is -2.35. The van der Waals surface area contributed by atoms with Crippen molar-refractivity contribution in [1.82, 2.24) is 120 Å². The molecule has 7 aromatic carbocycles. The molecule has 0 aliphatic carbocycles. The number of aliphatic hydroxyl groups is 3. The zero-order valence-corrected chi connectivity index (χ0v) is 69.1. The second-order valence-corrected chi connectivity index (χ2v) is 28.1. The Bertz CT molecular complexity index is 5250. The summed E-state index contributed by atoms with van der Waals surface area (Å²) in [5.41, 5.74) is 3.83. The SMILES string of the molecule is CCCCCO.CCN(CCO)C(=O)c1ccccc1-n1nccn1.CCN(CCn1ncc(C(=O)OC)n1)C(=O)c1ccccc1-n1nccn1.CCN(CCn1ncc(C(C)(C)O)n1)C(=O)c1ccccc1-n1nccn1.COC(=O)c1cn[nH]n1.O=C(O)c1ccccc1-n1nccn1.c1ccc(P(c2ccccc2)c2ccccc2)cc1. The third kappa shape index (κ3) is 27.6. The maximum absolute atomic E-state index is 13.0. The Balaban J connectivity index is 0.000000182. The number of rotatable bonds is 28. The first-order valence-corrected chi connectivity index (χ1v) is 39.8. The van der Waals surface area contributed by atoms with E-state index in [0.717, 1.165) is 12.8 Å². The van der Waals surface area contributed by atoms with Gasteiger partial charge in [-0.15, -0.1) is 10.2 Å². The van der Waals surface area contributed by atoms with Crippen molar-refractivity contribution in [1.29, 1.82) is 0 Å². The number of hydrogen-bond acceptors (Lipinski definition) is 25. The molecule has 630 valence electrons. The number of likely N-dealkylation sites (N-methyl/N-ethyl adjacent to an activating group) is 3. The van der Waals surface area contributed by atoms with Gasteiger partial charge in [-0.3, -0.25) is 14.4 Å². The zero-order chi connectivity index (χ0) is 86.7. The molecular formula is C84H97N24O12P. The van der Waals surface area contributed by atoms with Crippen LogP contribution >= 0.6 is 7.92 Å². The van der Waals surface area contributed by atoms with Gasteiger partial charge in [0, 0.05) is 45.9 Å². The summed E-state index contributed by atoms with van der Waals surface area (Å²) in [6.45, 7) is 14.9. The Morgan fingerprint density at radius 2 is 0.752 bits per heavy atom. The molecule has 7 heterocycles. The molecule has 0 radical (unpaired) electrons. The fourth-order valence-corrected chi connectivity index (χ4v) is 13.5. The minimum atomic E-state index is -1.05. The van der Waals surface area contributed by atoms with Gasteiger partial charge in [-0.2, -0.15) is 95.2 Å². The molecule has 0 aliphatic heterocycles. The molecule has 0 aliphatic rings. The standard InChI is InChI=1S/C18H23N7O2.C18H15P.C17H19N7O3.C13H16N4O2.C9H7N3O2.C5H12O.C4H5N3O2/c1-4-23(11-12-24-21-13-16(22-24)18(2,3)27)17(26)14-7-5-6-8-15(14)25-19-9-10-20-25;1-4-10-16(11-5-1)19(17-12-6-2-7-13-17)18-14-8-3-9-15-18;1-3-22(10-11-23-20-12-14(21-23)17(26)27-2)16(25)13-6-4-5-7-15(13)24-18-8-9-19-24;1-2-16(9-10-18)13(19)11-5-3-4-6-12(11)17-14-7-8-15-17;13-9(14)7-3-1-2-4-8(7)12-10-5-6-11-12;1-2-3-4-5-6;1-9-4(8)3-2-5-7-6-3/h5-10,13,27H,4,11-12H2,1-3H3;1-15H;4-9,12H,3,10-11H2,1-2H3;3-8,18H,2,9-10H2,1H3;1-6H,(H,13,14);6H,2-5H2,1H3;2H,1H3,(H,5,6,7). The number of hydrogen-bond donors (Lipinski definition) is 5. The molecule has 0 unspecified atom stereocenters. The smallest absolute Gasteiger partial charge is 0.360 e. The van der Waals surface area contributed by atoms with Gasteiger partial charge in [0.2, 0.25) is 0 Å². The number of nitrogens with zero attached hydrogens (tertiary/aromatic N) is 23. The summed E-state index contributed by atoms with van der Waals surface area (Å²) >= 11 is 0. The fourth-order valence-electron chi connectivity index (χ4n) is 11.2. The van der Waals surface area contributed by atoms with Crippen molar-refractivity contribution >= 4 is 59.5 Å². The maximum atomic E-state index is 13.0. The largest absolute Gasteiger partial charge is 0.478 e. The number of carbonyl (C=O) groups is 6. The van der Waals surface area contributed by atoms with Crippen molar-refractivity contribution in [2.45, 2.75) is 79.5 Å². The number of nitrogens with one attached hydrogen (secondary N) is 1. The molecule has 7 aromatic heterocycles. The second kappa shape index (κ2) is 49.0. The Kier molecular flexibility index (Phi) is 37.3. The quantitative estimate of drug-likeness (QED) is 0.0176. The number of methoxy groups -OCH3 is 2. The number of aromatic nitrogens is 21. The van der Waals surface area contributed by atoms with Crippen LogP contribution in [0.4, 0.5) is 0 Å². The molecule has 5 N–H and O–H groups in total. The highest BCUT2D eigenvalue weighted by atomic mass is 31.1. The van der Waals surface area contributed by atoms with E-state index in [0.29, 0.717) is 104 Å². The van der Waals surface area contributed by atoms with Crippen LogP contribution in [0.5, 0.6) is 0 Å². The van der Waals surface area contributed by atoms with Crippen LogP contribution in [-0.2, 0) is 28.2 Å². The van der Waals surface area contributed by atoms with Crippen LogP contribution in [-0.4, -0.2) is 243 Å². The Morgan fingerprint density at radius 1 is 0.413 bits per heavy atom. The van der Waals surface area contributed by atoms with Crippen LogP contribution in [0.25, 0.3) is 22.7 Å². The normalized spacial score (nSPS) is 10.5. The number of carboxylic acid groups (broad SMARTS) is 1. The number of aromatic amines is 1. The molecule has 0 bridgehead atoms. The first-order valence-electron chi connectivity index (χ1n) is 38.5. The first kappa shape index (κ1) is 92.2. The van der Waals surface area contributed by atoms with E-state index in [2.05, 4.69) is 184 Å². The third-order valence-corrected chi connectivity index (χ3v) is 19.7. The van der Waals surface area contributed by atoms with Crippen molar-refractivity contribution in [2.75, 3.05) is 66.7 Å². The van der Waals surface area contributed by atoms with E-state index in [1.165, 1.54) is 102 Å². The summed E-state index contributed by atoms with van der Waals surface area (Å²) in [6, 6.07) is 60.5. The number of para-hydroxylation sites is 4. The van der Waals surface area contributed by atoms with Gasteiger partial charge in [-0.25, -0.2) is 14.4 Å². The van der Waals surface area contributed by atoms with E-state index >= 15 is 0 Å². The molecule has 121 heavy (non-hydrogen) atoms. The number of aromatic carboxylic acids is 1. The third-order valence-electron chi connectivity index (χ3n) is 17.3. The predicted octanol–water partition coefficient (Wildman–Crippen LogP) is 7.95. The van der Waals surface area contributed by atoms with Gasteiger partial charge in [0.1, 0.15) is 17.0 Å². The van der Waals surface area contributed by atoms with Crippen LogP contribution in [0, 0.1) is 0 Å². The number of esters is 2. The molecule has 36 nitrogen and oxygen atoms in total. The lowest BCUT2D eigenvalue weighted by molar-refractivity contribution is 0.0584. The van der Waals surface area contributed by atoms with E-state index in [1.807, 2.05) is 51.1 Å². The highest BCUT2D eigenvalue weighted by Gasteiger charge is 2.25. The van der Waals surface area contributed by atoms with E-state index in [-0.39, 0.29) is 41.3 Å². The van der Waals surface area contributed by atoms with Gasteiger partial charge in [-0.05, 0) is 113 Å². The van der Waals surface area contributed by atoms with Crippen molar-refractivity contribution in [3.63, 3.8) is 0 Å². The molecule has 0 spiro atoms. The average Bonchev–Trinajstić information content (AvgIpc) is 1.81. The van der Waals surface area contributed by atoms with Crippen LogP contribution < -0.4 is 15.9 Å². The summed E-state index contributed by atoms with van der Waals surface area (Å²) < 4.78 is 8.94. The predicted molar refractivity (Wildman–Crippen MR) is 450 cm³/mol. The van der Waals surface area contributed by atoms with E-state index in [4.69, 9.17) is 15.3 Å². The number of carboxylic acids is 1. The van der Waals surface area contributed by atoms with Crippen LogP contribution in [0.15, 0.2) is 256 Å². The van der Waals surface area contributed by atoms with Crippen molar-refractivity contribution in [3.8, 4) is 22.7 Å². The van der Waals surface area contributed by atoms with E-state index < -0.39 is 31.4 Å². The van der Waals surface area contributed by atoms with Gasteiger partial charge in [-0.1, -0.05) is 159 Å². The van der Waals surface area contributed by atoms with Crippen LogP contribution in [0.1, 0.15) is 129 Å². The zero-order valence-electron chi connectivity index (χ0n) is 68.2. The lowest BCUT2D eigenvalue weighted by atomic mass is 10.1. The van der Waals surface area contributed by atoms with E-state index in [9.17, 15) is 33.9 Å². The highest BCUT2D eigenvalue weighted by molar-refractivity contribution is 7.79. The number of carbonyl (C=O) groups excluding carboxylic acids is 5. The molecular weight excluding hydrogens is 1570 g/mol. The average molecular weight is 1670 g/mol. The molecule has 0 atom stereocenters.